The molecular weight excluding hydrogens is 242 g/mol. The minimum Gasteiger partial charge on any atom is -0.330 e. The van der Waals surface area contributed by atoms with E-state index in [4.69, 9.17) is 5.73 Å². The Bertz CT molecular complexity index is 463. The SMILES string of the molecule is CC(=O)N(CCCN)C(=O)c1ccc(F)c(F)c1. The Hall–Kier alpha value is -1.82. The maximum atomic E-state index is 13.0. The van der Waals surface area contributed by atoms with Gasteiger partial charge in [-0.05, 0) is 31.2 Å². The van der Waals surface area contributed by atoms with Crippen LogP contribution in [0.1, 0.15) is 23.7 Å². The van der Waals surface area contributed by atoms with Gasteiger partial charge in [-0.15, -0.1) is 0 Å². The molecule has 18 heavy (non-hydrogen) atoms. The first-order chi connectivity index (χ1) is 8.47. The molecule has 0 saturated carbocycles. The van der Waals surface area contributed by atoms with E-state index in [9.17, 15) is 18.4 Å². The van der Waals surface area contributed by atoms with E-state index in [1.54, 1.807) is 0 Å². The van der Waals surface area contributed by atoms with Crippen molar-refractivity contribution in [2.75, 3.05) is 13.1 Å². The summed E-state index contributed by atoms with van der Waals surface area (Å²) < 4.78 is 25.7. The second-order valence-electron chi connectivity index (χ2n) is 3.75. The molecule has 0 bridgehead atoms. The van der Waals surface area contributed by atoms with Gasteiger partial charge < -0.3 is 5.73 Å². The molecule has 0 unspecified atom stereocenters. The van der Waals surface area contributed by atoms with Gasteiger partial charge in [-0.3, -0.25) is 14.5 Å². The van der Waals surface area contributed by atoms with Crippen molar-refractivity contribution in [1.82, 2.24) is 4.90 Å². The molecule has 4 nitrogen and oxygen atoms in total. The maximum absolute atomic E-state index is 13.0. The molecule has 0 aliphatic rings. The van der Waals surface area contributed by atoms with Gasteiger partial charge in [-0.1, -0.05) is 0 Å². The van der Waals surface area contributed by atoms with Gasteiger partial charge >= 0.3 is 0 Å². The van der Waals surface area contributed by atoms with Crippen molar-refractivity contribution in [1.29, 1.82) is 0 Å². The Labute approximate surface area is 103 Å². The summed E-state index contributed by atoms with van der Waals surface area (Å²) in [4.78, 5) is 24.2. The second kappa shape index (κ2) is 6.20. The number of nitrogens with two attached hydrogens (primary N) is 1. The number of imide groups is 1. The molecule has 0 aliphatic heterocycles. The zero-order valence-corrected chi connectivity index (χ0v) is 9.95. The molecule has 1 aromatic carbocycles. The number of rotatable bonds is 4. The van der Waals surface area contributed by atoms with Crippen molar-refractivity contribution >= 4 is 11.8 Å². The van der Waals surface area contributed by atoms with E-state index in [0.717, 1.165) is 23.1 Å². The van der Waals surface area contributed by atoms with Gasteiger partial charge in [0.15, 0.2) is 11.6 Å². The molecule has 2 N–H and O–H groups in total. The van der Waals surface area contributed by atoms with Crippen LogP contribution in [0.15, 0.2) is 18.2 Å². The summed E-state index contributed by atoms with van der Waals surface area (Å²) in [7, 11) is 0. The smallest absolute Gasteiger partial charge is 0.260 e. The Morgan fingerprint density at radius 3 is 2.44 bits per heavy atom. The molecule has 0 fully saturated rings. The third-order valence-corrected chi connectivity index (χ3v) is 2.38. The number of benzene rings is 1. The van der Waals surface area contributed by atoms with Crippen molar-refractivity contribution < 1.29 is 18.4 Å². The number of amides is 2. The molecule has 0 spiro atoms. The molecule has 0 aromatic heterocycles. The van der Waals surface area contributed by atoms with E-state index in [-0.39, 0.29) is 12.1 Å². The fraction of sp³-hybridized carbons (Fsp3) is 0.333. The third kappa shape index (κ3) is 3.33. The zero-order valence-electron chi connectivity index (χ0n) is 9.95. The van der Waals surface area contributed by atoms with E-state index >= 15 is 0 Å². The lowest BCUT2D eigenvalue weighted by molar-refractivity contribution is -0.126. The van der Waals surface area contributed by atoms with Crippen molar-refractivity contribution in [3.8, 4) is 0 Å². The van der Waals surface area contributed by atoms with E-state index in [1.807, 2.05) is 0 Å². The van der Waals surface area contributed by atoms with Crippen LogP contribution in [-0.2, 0) is 4.79 Å². The number of hydrogen-bond donors (Lipinski definition) is 1. The standard InChI is InChI=1S/C12H14F2N2O2/c1-8(17)16(6-2-5-15)12(18)9-3-4-10(13)11(14)7-9/h3-4,7H,2,5-6,15H2,1H3. The van der Waals surface area contributed by atoms with Crippen molar-refractivity contribution in [2.45, 2.75) is 13.3 Å². The topological polar surface area (TPSA) is 63.4 Å². The van der Waals surface area contributed by atoms with E-state index in [2.05, 4.69) is 0 Å². The lowest BCUT2D eigenvalue weighted by atomic mass is 10.2. The van der Waals surface area contributed by atoms with Crippen LogP contribution in [0, 0.1) is 11.6 Å². The summed E-state index contributed by atoms with van der Waals surface area (Å²) in [5, 5.41) is 0. The minimum absolute atomic E-state index is 0.0684. The molecule has 98 valence electrons. The molecule has 2 amide bonds. The highest BCUT2D eigenvalue weighted by molar-refractivity contribution is 6.04. The third-order valence-electron chi connectivity index (χ3n) is 2.38. The molecule has 1 aromatic rings. The van der Waals surface area contributed by atoms with Crippen LogP contribution in [0.25, 0.3) is 0 Å². The predicted molar refractivity (Wildman–Crippen MR) is 61.7 cm³/mol. The number of carbonyl (C=O) groups excluding carboxylic acids is 2. The molecule has 6 heteroatoms. The van der Waals surface area contributed by atoms with Crippen molar-refractivity contribution in [3.05, 3.63) is 35.4 Å². The Balaban J connectivity index is 2.94. The molecule has 1 rings (SSSR count). The fourth-order valence-corrected chi connectivity index (χ4v) is 1.44. The number of carbonyl (C=O) groups is 2. The van der Waals surface area contributed by atoms with Gasteiger partial charge in [-0.25, -0.2) is 8.78 Å². The normalized spacial score (nSPS) is 10.2. The van der Waals surface area contributed by atoms with Gasteiger partial charge in [-0.2, -0.15) is 0 Å². The molecule has 0 radical (unpaired) electrons. The van der Waals surface area contributed by atoms with Crippen LogP contribution in [0.4, 0.5) is 8.78 Å². The second-order valence-corrected chi connectivity index (χ2v) is 3.75. The lowest BCUT2D eigenvalue weighted by Crippen LogP contribution is -2.36. The predicted octanol–water partition coefficient (Wildman–Crippen LogP) is 1.30. The minimum atomic E-state index is -1.12. The highest BCUT2D eigenvalue weighted by atomic mass is 19.2. The molecule has 0 saturated heterocycles. The van der Waals surface area contributed by atoms with Crippen LogP contribution in [0.5, 0.6) is 0 Å². The van der Waals surface area contributed by atoms with E-state index in [0.29, 0.717) is 13.0 Å². The van der Waals surface area contributed by atoms with Crippen molar-refractivity contribution in [3.63, 3.8) is 0 Å². The highest BCUT2D eigenvalue weighted by Crippen LogP contribution is 2.11. The molecule has 0 heterocycles. The summed E-state index contributed by atoms with van der Waals surface area (Å²) in [5.41, 5.74) is 5.23. The summed E-state index contributed by atoms with van der Waals surface area (Å²) in [6.07, 6.45) is 0.453. The van der Waals surface area contributed by atoms with Gasteiger partial charge in [0.1, 0.15) is 0 Å². The van der Waals surface area contributed by atoms with Gasteiger partial charge in [0.05, 0.1) is 0 Å². The highest BCUT2D eigenvalue weighted by Gasteiger charge is 2.20. The van der Waals surface area contributed by atoms with Crippen LogP contribution < -0.4 is 5.73 Å². The average molecular weight is 256 g/mol. The largest absolute Gasteiger partial charge is 0.330 e. The molecule has 0 atom stereocenters. The Morgan fingerprint density at radius 2 is 1.94 bits per heavy atom. The van der Waals surface area contributed by atoms with Gasteiger partial charge in [0, 0.05) is 19.0 Å². The number of halogens is 2. The zero-order chi connectivity index (χ0) is 13.7. The quantitative estimate of drug-likeness (QED) is 0.883. The van der Waals surface area contributed by atoms with Gasteiger partial charge in [0.25, 0.3) is 5.91 Å². The van der Waals surface area contributed by atoms with Crippen molar-refractivity contribution in [2.24, 2.45) is 5.73 Å². The van der Waals surface area contributed by atoms with Crippen LogP contribution in [0.3, 0.4) is 0 Å². The van der Waals surface area contributed by atoms with Gasteiger partial charge in [0.2, 0.25) is 5.91 Å². The maximum Gasteiger partial charge on any atom is 0.260 e. The average Bonchev–Trinajstić information content (AvgIpc) is 2.32. The van der Waals surface area contributed by atoms with Crippen LogP contribution in [-0.4, -0.2) is 29.8 Å². The number of hydrogen-bond acceptors (Lipinski definition) is 3. The lowest BCUT2D eigenvalue weighted by Gasteiger charge is -2.18. The first kappa shape index (κ1) is 14.2. The Morgan fingerprint density at radius 1 is 1.28 bits per heavy atom. The molecular formula is C12H14F2N2O2. The van der Waals surface area contributed by atoms with E-state index < -0.39 is 23.4 Å². The fourth-order valence-electron chi connectivity index (χ4n) is 1.44. The number of nitrogens with zero attached hydrogens (tertiary/aromatic N) is 1. The first-order valence-corrected chi connectivity index (χ1v) is 5.45. The summed E-state index contributed by atoms with van der Waals surface area (Å²) >= 11 is 0. The summed E-state index contributed by atoms with van der Waals surface area (Å²) in [6.45, 7) is 1.72. The summed E-state index contributed by atoms with van der Waals surface area (Å²) in [5.74, 6) is -3.28. The first-order valence-electron chi connectivity index (χ1n) is 5.45. The molecule has 0 aliphatic carbocycles. The van der Waals surface area contributed by atoms with Crippen LogP contribution in [0.2, 0.25) is 0 Å². The monoisotopic (exact) mass is 256 g/mol. The van der Waals surface area contributed by atoms with Crippen LogP contribution >= 0.6 is 0 Å². The summed E-state index contributed by atoms with van der Waals surface area (Å²) in [6, 6.07) is 2.76. The van der Waals surface area contributed by atoms with E-state index in [1.165, 1.54) is 6.92 Å². The Kier molecular flexibility index (Phi) is 4.91.